The van der Waals surface area contributed by atoms with Crippen molar-refractivity contribution in [2.45, 2.75) is 40.5 Å². The normalized spacial score (nSPS) is 16.9. The fraction of sp³-hybridized carbons (Fsp3) is 1.00. The summed E-state index contributed by atoms with van der Waals surface area (Å²) in [5.74, 6) is 2.02. The molecule has 0 aliphatic carbocycles. The van der Waals surface area contributed by atoms with E-state index in [1.165, 1.54) is 6.42 Å². The monoisotopic (exact) mass is 158 g/mol. The zero-order valence-corrected chi connectivity index (χ0v) is 8.30. The van der Waals surface area contributed by atoms with Crippen LogP contribution in [0.2, 0.25) is 0 Å². The molecule has 0 bridgehead atoms. The van der Waals surface area contributed by atoms with Gasteiger partial charge in [-0.05, 0) is 30.6 Å². The molecule has 0 amide bonds. The molecule has 1 nitrogen and oxygen atoms in total. The quantitative estimate of drug-likeness (QED) is 0.652. The highest BCUT2D eigenvalue weighted by Crippen LogP contribution is 2.18. The van der Waals surface area contributed by atoms with E-state index in [-0.39, 0.29) is 0 Å². The van der Waals surface area contributed by atoms with E-state index >= 15 is 0 Å². The molecule has 0 saturated heterocycles. The molecular weight excluding hydrogens is 136 g/mol. The van der Waals surface area contributed by atoms with Crippen LogP contribution in [0.5, 0.6) is 0 Å². The highest BCUT2D eigenvalue weighted by Gasteiger charge is 2.08. The van der Waals surface area contributed by atoms with Gasteiger partial charge < -0.3 is 5.11 Å². The first-order valence-electron chi connectivity index (χ1n) is 4.67. The number of rotatable bonds is 5. The Kier molecular flexibility index (Phi) is 5.57. The highest BCUT2D eigenvalue weighted by atomic mass is 16.3. The third kappa shape index (κ3) is 6.36. The van der Waals surface area contributed by atoms with Crippen molar-refractivity contribution in [3.63, 3.8) is 0 Å². The van der Waals surface area contributed by atoms with Crippen LogP contribution >= 0.6 is 0 Å². The van der Waals surface area contributed by atoms with Gasteiger partial charge in [0.25, 0.3) is 0 Å². The standard InChI is InChI=1S/C10H22O/c1-8(2)5-9(3)6-10(4)7-11/h8-11H,5-7H2,1-4H3/t9-,10+/m0/s1. The van der Waals surface area contributed by atoms with Crippen molar-refractivity contribution in [1.29, 1.82) is 0 Å². The molecule has 1 N–H and O–H groups in total. The molecule has 11 heavy (non-hydrogen) atoms. The van der Waals surface area contributed by atoms with Crippen LogP contribution in [0.25, 0.3) is 0 Å². The molecule has 2 atom stereocenters. The largest absolute Gasteiger partial charge is 0.396 e. The van der Waals surface area contributed by atoms with Crippen molar-refractivity contribution < 1.29 is 5.11 Å². The van der Waals surface area contributed by atoms with Crippen LogP contribution < -0.4 is 0 Å². The van der Waals surface area contributed by atoms with Crippen LogP contribution in [-0.2, 0) is 0 Å². The van der Waals surface area contributed by atoms with Gasteiger partial charge in [0.15, 0.2) is 0 Å². The lowest BCUT2D eigenvalue weighted by molar-refractivity contribution is 0.209. The van der Waals surface area contributed by atoms with Gasteiger partial charge in [-0.25, -0.2) is 0 Å². The van der Waals surface area contributed by atoms with Crippen molar-refractivity contribution in [3.05, 3.63) is 0 Å². The maximum Gasteiger partial charge on any atom is 0.0456 e. The van der Waals surface area contributed by atoms with E-state index < -0.39 is 0 Å². The van der Waals surface area contributed by atoms with Crippen LogP contribution in [-0.4, -0.2) is 11.7 Å². The van der Waals surface area contributed by atoms with E-state index in [1.54, 1.807) is 0 Å². The average molecular weight is 158 g/mol. The maximum absolute atomic E-state index is 8.82. The third-order valence-corrected chi connectivity index (χ3v) is 1.99. The first-order chi connectivity index (χ1) is 5.06. The molecule has 68 valence electrons. The first-order valence-corrected chi connectivity index (χ1v) is 4.67. The zero-order valence-electron chi connectivity index (χ0n) is 8.30. The summed E-state index contributed by atoms with van der Waals surface area (Å²) in [5.41, 5.74) is 0. The molecule has 0 aliphatic heterocycles. The molecule has 0 saturated carbocycles. The van der Waals surface area contributed by atoms with Crippen LogP contribution in [0.3, 0.4) is 0 Å². The van der Waals surface area contributed by atoms with Gasteiger partial charge in [0.05, 0.1) is 0 Å². The maximum atomic E-state index is 8.82. The molecule has 0 aromatic rings. The molecule has 1 heteroatoms. The number of hydrogen-bond acceptors (Lipinski definition) is 1. The molecule has 0 unspecified atom stereocenters. The van der Waals surface area contributed by atoms with Crippen molar-refractivity contribution in [2.75, 3.05) is 6.61 Å². The van der Waals surface area contributed by atoms with Gasteiger partial charge in [-0.2, -0.15) is 0 Å². The van der Waals surface area contributed by atoms with Crippen LogP contribution in [0.1, 0.15) is 40.5 Å². The van der Waals surface area contributed by atoms with Crippen LogP contribution in [0.15, 0.2) is 0 Å². The van der Waals surface area contributed by atoms with Crippen molar-refractivity contribution in [2.24, 2.45) is 17.8 Å². The molecular formula is C10H22O. The number of aliphatic hydroxyl groups is 1. The van der Waals surface area contributed by atoms with Gasteiger partial charge in [-0.1, -0.05) is 27.7 Å². The van der Waals surface area contributed by atoms with Gasteiger partial charge >= 0.3 is 0 Å². The Morgan fingerprint density at radius 2 is 1.45 bits per heavy atom. The van der Waals surface area contributed by atoms with E-state index in [9.17, 15) is 0 Å². The van der Waals surface area contributed by atoms with Gasteiger partial charge in [0.2, 0.25) is 0 Å². The fourth-order valence-corrected chi connectivity index (χ4v) is 1.66. The molecule has 0 aromatic heterocycles. The molecule has 0 radical (unpaired) electrons. The molecule has 0 aromatic carbocycles. The van der Waals surface area contributed by atoms with Crippen molar-refractivity contribution >= 4 is 0 Å². The molecule has 0 rings (SSSR count). The van der Waals surface area contributed by atoms with E-state index in [1.807, 2.05) is 0 Å². The molecule has 0 spiro atoms. The summed E-state index contributed by atoms with van der Waals surface area (Å²) in [6.45, 7) is 9.21. The van der Waals surface area contributed by atoms with E-state index in [4.69, 9.17) is 5.11 Å². The second-order valence-corrected chi connectivity index (χ2v) is 4.26. The van der Waals surface area contributed by atoms with Crippen LogP contribution in [0.4, 0.5) is 0 Å². The lowest BCUT2D eigenvalue weighted by Gasteiger charge is -2.16. The summed E-state index contributed by atoms with van der Waals surface area (Å²) >= 11 is 0. The van der Waals surface area contributed by atoms with Gasteiger partial charge in [0.1, 0.15) is 0 Å². The minimum Gasteiger partial charge on any atom is -0.396 e. The Morgan fingerprint density at radius 1 is 0.909 bits per heavy atom. The second-order valence-electron chi connectivity index (χ2n) is 4.26. The lowest BCUT2D eigenvalue weighted by atomic mass is 9.91. The Balaban J connectivity index is 3.43. The topological polar surface area (TPSA) is 20.2 Å². The summed E-state index contributed by atoms with van der Waals surface area (Å²) < 4.78 is 0. The van der Waals surface area contributed by atoms with Crippen LogP contribution in [0, 0.1) is 17.8 Å². The SMILES string of the molecule is CC(C)C[C@H](C)C[C@@H](C)CO. The molecule has 0 aliphatic rings. The van der Waals surface area contributed by atoms with E-state index in [0.29, 0.717) is 12.5 Å². The number of aliphatic hydroxyl groups excluding tert-OH is 1. The summed E-state index contributed by atoms with van der Waals surface area (Å²) in [6.07, 6.45) is 2.44. The molecule has 0 fully saturated rings. The third-order valence-electron chi connectivity index (χ3n) is 1.99. The summed E-state index contributed by atoms with van der Waals surface area (Å²) in [5, 5.41) is 8.82. The van der Waals surface area contributed by atoms with E-state index in [0.717, 1.165) is 18.3 Å². The lowest BCUT2D eigenvalue weighted by Crippen LogP contribution is -2.08. The highest BCUT2D eigenvalue weighted by molar-refractivity contribution is 4.60. The predicted octanol–water partition coefficient (Wildman–Crippen LogP) is 2.69. The first kappa shape index (κ1) is 11.0. The minimum absolute atomic E-state index is 0.336. The van der Waals surface area contributed by atoms with Crippen molar-refractivity contribution in [3.8, 4) is 0 Å². The van der Waals surface area contributed by atoms with E-state index in [2.05, 4.69) is 27.7 Å². The Bertz CT molecular complexity index is 88.9. The smallest absolute Gasteiger partial charge is 0.0456 e. The minimum atomic E-state index is 0.336. The Hall–Kier alpha value is -0.0400. The summed E-state index contributed by atoms with van der Waals surface area (Å²) in [6, 6.07) is 0. The summed E-state index contributed by atoms with van der Waals surface area (Å²) in [4.78, 5) is 0. The molecule has 0 heterocycles. The van der Waals surface area contributed by atoms with Gasteiger partial charge in [-0.3, -0.25) is 0 Å². The Labute approximate surface area is 70.8 Å². The average Bonchev–Trinajstić information content (AvgIpc) is 1.85. The van der Waals surface area contributed by atoms with Gasteiger partial charge in [-0.15, -0.1) is 0 Å². The fourth-order valence-electron chi connectivity index (χ4n) is 1.66. The zero-order chi connectivity index (χ0) is 8.85. The van der Waals surface area contributed by atoms with Gasteiger partial charge in [0, 0.05) is 6.61 Å². The second kappa shape index (κ2) is 5.59. The Morgan fingerprint density at radius 3 is 1.82 bits per heavy atom. The van der Waals surface area contributed by atoms with Crippen molar-refractivity contribution in [1.82, 2.24) is 0 Å². The number of hydrogen-bond donors (Lipinski definition) is 1. The predicted molar refractivity (Wildman–Crippen MR) is 49.5 cm³/mol. The summed E-state index contributed by atoms with van der Waals surface area (Å²) in [7, 11) is 0.